The number of likely N-dealkylation sites (N-methyl/N-ethyl adjacent to an activating group) is 1. The van der Waals surface area contributed by atoms with Gasteiger partial charge in [0, 0.05) is 25.4 Å². The summed E-state index contributed by atoms with van der Waals surface area (Å²) in [7, 11) is 1.90. The normalized spacial score (nSPS) is 21.5. The molecule has 0 aliphatic heterocycles. The van der Waals surface area contributed by atoms with Crippen LogP contribution in [0.2, 0.25) is 0 Å². The van der Waals surface area contributed by atoms with E-state index in [0.717, 1.165) is 31.4 Å². The van der Waals surface area contributed by atoms with Crippen molar-refractivity contribution in [1.29, 1.82) is 0 Å². The van der Waals surface area contributed by atoms with E-state index in [2.05, 4.69) is 31.3 Å². The molecule has 0 aromatic heterocycles. The van der Waals surface area contributed by atoms with Gasteiger partial charge in [0.1, 0.15) is 0 Å². The lowest BCUT2D eigenvalue weighted by Gasteiger charge is -2.34. The summed E-state index contributed by atoms with van der Waals surface area (Å²) in [5.41, 5.74) is 3.39. The number of rotatable bonds is 5. The van der Waals surface area contributed by atoms with Gasteiger partial charge in [0.15, 0.2) is 0 Å². The third kappa shape index (κ3) is 4.01. The number of aliphatic hydroxyl groups is 1. The molecule has 1 saturated carbocycles. The Morgan fingerprint density at radius 2 is 1.82 bits per heavy atom. The number of carbonyl (C=O) groups is 1. The van der Waals surface area contributed by atoms with E-state index < -0.39 is 0 Å². The zero-order valence-corrected chi connectivity index (χ0v) is 13.9. The Hall–Kier alpha value is -1.55. The molecular formula is C18H28N2O2. The molecule has 0 radical (unpaired) electrons. The molecule has 1 amide bonds. The minimum absolute atomic E-state index is 0.134. The minimum Gasteiger partial charge on any atom is -0.396 e. The monoisotopic (exact) mass is 304 g/mol. The predicted octanol–water partition coefficient (Wildman–Crippen LogP) is 2.72. The molecule has 0 spiro atoms. The van der Waals surface area contributed by atoms with Crippen molar-refractivity contribution in [3.63, 3.8) is 0 Å². The maximum absolute atomic E-state index is 12.4. The highest BCUT2D eigenvalue weighted by atomic mass is 16.3. The van der Waals surface area contributed by atoms with E-state index in [0.29, 0.717) is 18.5 Å². The van der Waals surface area contributed by atoms with Crippen molar-refractivity contribution < 1.29 is 9.90 Å². The molecule has 1 fully saturated rings. The molecule has 1 aliphatic rings. The molecule has 22 heavy (non-hydrogen) atoms. The number of nitrogens with zero attached hydrogens (tertiary/aromatic N) is 1. The van der Waals surface area contributed by atoms with Crippen LogP contribution in [0.3, 0.4) is 0 Å². The summed E-state index contributed by atoms with van der Waals surface area (Å²) in [6.45, 7) is 4.72. The average Bonchev–Trinajstić information content (AvgIpc) is 2.53. The van der Waals surface area contributed by atoms with Gasteiger partial charge in [-0.05, 0) is 56.6 Å². The van der Waals surface area contributed by atoms with Crippen LogP contribution >= 0.6 is 0 Å². The summed E-state index contributed by atoms with van der Waals surface area (Å²) in [4.78, 5) is 14.3. The molecular weight excluding hydrogens is 276 g/mol. The van der Waals surface area contributed by atoms with Crippen LogP contribution in [0.1, 0.15) is 36.8 Å². The van der Waals surface area contributed by atoms with E-state index in [1.54, 1.807) is 0 Å². The molecule has 4 heteroatoms. The molecule has 0 heterocycles. The number of para-hydroxylation sites is 1. The fourth-order valence-electron chi connectivity index (χ4n) is 3.30. The lowest BCUT2D eigenvalue weighted by Crippen LogP contribution is -2.42. The van der Waals surface area contributed by atoms with Gasteiger partial charge < -0.3 is 15.3 Å². The molecule has 0 atom stereocenters. The molecule has 2 rings (SSSR count). The second-order valence-corrected chi connectivity index (χ2v) is 6.48. The van der Waals surface area contributed by atoms with Gasteiger partial charge in [0.2, 0.25) is 5.91 Å². The number of hydrogen-bond donors (Lipinski definition) is 2. The number of benzene rings is 1. The minimum atomic E-state index is 0.134. The molecule has 2 N–H and O–H groups in total. The third-order valence-corrected chi connectivity index (χ3v) is 4.91. The number of amides is 1. The topological polar surface area (TPSA) is 52.6 Å². The highest BCUT2D eigenvalue weighted by Gasteiger charge is 2.26. The van der Waals surface area contributed by atoms with Crippen LogP contribution < -0.4 is 5.32 Å². The van der Waals surface area contributed by atoms with Gasteiger partial charge in [-0.15, -0.1) is 0 Å². The van der Waals surface area contributed by atoms with Crippen LogP contribution in [0.5, 0.6) is 0 Å². The summed E-state index contributed by atoms with van der Waals surface area (Å²) >= 11 is 0. The zero-order valence-electron chi connectivity index (χ0n) is 13.9. The predicted molar refractivity (Wildman–Crippen MR) is 90.0 cm³/mol. The Labute approximate surface area is 133 Å². The number of aliphatic hydroxyl groups excluding tert-OH is 1. The van der Waals surface area contributed by atoms with Crippen molar-refractivity contribution in [1.82, 2.24) is 4.90 Å². The smallest absolute Gasteiger partial charge is 0.241 e. The maximum Gasteiger partial charge on any atom is 0.241 e. The van der Waals surface area contributed by atoms with Gasteiger partial charge in [0.05, 0.1) is 6.54 Å². The zero-order chi connectivity index (χ0) is 16.1. The van der Waals surface area contributed by atoms with Crippen LogP contribution in [0.15, 0.2) is 18.2 Å². The largest absolute Gasteiger partial charge is 0.396 e. The molecule has 1 aromatic rings. The molecule has 1 aliphatic carbocycles. The second kappa shape index (κ2) is 7.63. The van der Waals surface area contributed by atoms with Crippen LogP contribution in [0, 0.1) is 19.8 Å². The van der Waals surface area contributed by atoms with Crippen molar-refractivity contribution in [2.24, 2.45) is 5.92 Å². The molecule has 4 nitrogen and oxygen atoms in total. The molecule has 1 aromatic carbocycles. The fourth-order valence-corrected chi connectivity index (χ4v) is 3.30. The van der Waals surface area contributed by atoms with E-state index in [1.165, 1.54) is 11.1 Å². The molecule has 0 unspecified atom stereocenters. The van der Waals surface area contributed by atoms with Crippen LogP contribution in [0.25, 0.3) is 0 Å². The van der Waals surface area contributed by atoms with E-state index in [1.807, 2.05) is 18.0 Å². The van der Waals surface area contributed by atoms with Gasteiger partial charge in [-0.1, -0.05) is 18.2 Å². The van der Waals surface area contributed by atoms with E-state index in [9.17, 15) is 9.90 Å². The Morgan fingerprint density at radius 1 is 1.23 bits per heavy atom. The lowest BCUT2D eigenvalue weighted by atomic mass is 9.86. The first-order valence-corrected chi connectivity index (χ1v) is 8.19. The summed E-state index contributed by atoms with van der Waals surface area (Å²) in [6.07, 6.45) is 4.03. The van der Waals surface area contributed by atoms with Crippen molar-refractivity contribution in [2.45, 2.75) is 45.6 Å². The molecule has 0 saturated heterocycles. The quantitative estimate of drug-likeness (QED) is 0.879. The van der Waals surface area contributed by atoms with Crippen LogP contribution in [-0.4, -0.2) is 42.2 Å². The molecule has 122 valence electrons. The summed E-state index contributed by atoms with van der Waals surface area (Å²) < 4.78 is 0. The Kier molecular flexibility index (Phi) is 5.83. The summed E-state index contributed by atoms with van der Waals surface area (Å²) in [5, 5.41) is 12.5. The third-order valence-electron chi connectivity index (χ3n) is 4.91. The van der Waals surface area contributed by atoms with Crippen molar-refractivity contribution >= 4 is 11.6 Å². The number of anilines is 1. The van der Waals surface area contributed by atoms with E-state index >= 15 is 0 Å². The van der Waals surface area contributed by atoms with Crippen molar-refractivity contribution in [3.8, 4) is 0 Å². The first-order valence-electron chi connectivity index (χ1n) is 8.19. The highest BCUT2D eigenvalue weighted by molar-refractivity contribution is 5.81. The Morgan fingerprint density at radius 3 is 2.36 bits per heavy atom. The fraction of sp³-hybridized carbons (Fsp3) is 0.611. The Balaban J connectivity index is 1.87. The van der Waals surface area contributed by atoms with E-state index in [-0.39, 0.29) is 12.5 Å². The van der Waals surface area contributed by atoms with Crippen molar-refractivity contribution in [2.75, 3.05) is 25.5 Å². The van der Waals surface area contributed by atoms with Crippen LogP contribution in [-0.2, 0) is 4.79 Å². The lowest BCUT2D eigenvalue weighted by molar-refractivity contribution is -0.130. The summed E-state index contributed by atoms with van der Waals surface area (Å²) in [5.74, 6) is 0.558. The molecule has 0 bridgehead atoms. The number of nitrogens with one attached hydrogen (secondary N) is 1. The number of aryl methyl sites for hydroxylation is 2. The van der Waals surface area contributed by atoms with Gasteiger partial charge >= 0.3 is 0 Å². The highest BCUT2D eigenvalue weighted by Crippen LogP contribution is 2.27. The first kappa shape index (κ1) is 16.8. The SMILES string of the molecule is Cc1cccc(C)c1NCC(=O)N(C)C1CCC(CO)CC1. The summed E-state index contributed by atoms with van der Waals surface area (Å²) in [6, 6.07) is 6.46. The second-order valence-electron chi connectivity index (χ2n) is 6.48. The van der Waals surface area contributed by atoms with Gasteiger partial charge in [-0.3, -0.25) is 4.79 Å². The van der Waals surface area contributed by atoms with Crippen molar-refractivity contribution in [3.05, 3.63) is 29.3 Å². The van der Waals surface area contributed by atoms with E-state index in [4.69, 9.17) is 0 Å². The first-order chi connectivity index (χ1) is 10.5. The van der Waals surface area contributed by atoms with Crippen LogP contribution in [0.4, 0.5) is 5.69 Å². The van der Waals surface area contributed by atoms with Gasteiger partial charge in [-0.2, -0.15) is 0 Å². The Bertz CT molecular complexity index is 488. The van der Waals surface area contributed by atoms with Gasteiger partial charge in [-0.25, -0.2) is 0 Å². The number of carbonyl (C=O) groups excluding carboxylic acids is 1. The number of hydrogen-bond acceptors (Lipinski definition) is 3. The average molecular weight is 304 g/mol. The maximum atomic E-state index is 12.4. The van der Waals surface area contributed by atoms with Gasteiger partial charge in [0.25, 0.3) is 0 Å². The standard InChI is InChI=1S/C18H28N2O2/c1-13-5-4-6-14(2)18(13)19-11-17(22)20(3)16-9-7-15(12-21)8-10-16/h4-6,15-16,19,21H,7-12H2,1-3H3.